The fourth-order valence-corrected chi connectivity index (χ4v) is 2.35. The maximum absolute atomic E-state index is 12.2. The number of hydrogen-bond donors (Lipinski definition) is 1. The summed E-state index contributed by atoms with van der Waals surface area (Å²) in [5, 5.41) is 0. The normalized spacial score (nSPS) is 15.4. The van der Waals surface area contributed by atoms with E-state index in [2.05, 4.69) is 20.8 Å². The van der Waals surface area contributed by atoms with E-state index in [4.69, 9.17) is 5.73 Å². The molecular formula is C15H22N2O. The van der Waals surface area contributed by atoms with Gasteiger partial charge in [0.2, 0.25) is 5.91 Å². The van der Waals surface area contributed by atoms with Gasteiger partial charge in [-0.3, -0.25) is 4.79 Å². The lowest BCUT2D eigenvalue weighted by Gasteiger charge is -2.31. The van der Waals surface area contributed by atoms with Gasteiger partial charge in [-0.1, -0.05) is 26.8 Å². The zero-order valence-electron chi connectivity index (χ0n) is 11.5. The van der Waals surface area contributed by atoms with Crippen LogP contribution in [-0.2, 0) is 17.8 Å². The number of carbonyl (C=O) groups is 1. The first-order valence-electron chi connectivity index (χ1n) is 6.50. The van der Waals surface area contributed by atoms with Gasteiger partial charge in [0.05, 0.1) is 0 Å². The molecule has 3 nitrogen and oxygen atoms in total. The highest BCUT2D eigenvalue weighted by molar-refractivity contribution is 5.77. The van der Waals surface area contributed by atoms with Crippen LogP contribution >= 0.6 is 0 Å². The number of rotatable bonds is 1. The maximum Gasteiger partial charge on any atom is 0.223 e. The van der Waals surface area contributed by atoms with Gasteiger partial charge in [-0.2, -0.15) is 0 Å². The number of hydrogen-bond acceptors (Lipinski definition) is 2. The molecule has 1 aliphatic rings. The first-order valence-corrected chi connectivity index (χ1v) is 6.50. The van der Waals surface area contributed by atoms with Gasteiger partial charge in [-0.25, -0.2) is 0 Å². The van der Waals surface area contributed by atoms with Gasteiger partial charge in [0.25, 0.3) is 0 Å². The van der Waals surface area contributed by atoms with Crippen LogP contribution in [0.4, 0.5) is 5.69 Å². The van der Waals surface area contributed by atoms with Crippen molar-refractivity contribution >= 4 is 11.6 Å². The molecule has 2 N–H and O–H groups in total. The second kappa shape index (κ2) is 4.63. The van der Waals surface area contributed by atoms with Crippen LogP contribution in [0, 0.1) is 5.41 Å². The Kier molecular flexibility index (Phi) is 3.33. The predicted molar refractivity (Wildman–Crippen MR) is 74.0 cm³/mol. The summed E-state index contributed by atoms with van der Waals surface area (Å²) in [4.78, 5) is 14.2. The van der Waals surface area contributed by atoms with Crippen LogP contribution in [0.3, 0.4) is 0 Å². The molecule has 0 saturated carbocycles. The number of fused-ring (bicyclic) bond motifs is 1. The number of nitrogen functional groups attached to an aromatic ring is 1. The lowest BCUT2D eigenvalue weighted by molar-refractivity contribution is -0.134. The van der Waals surface area contributed by atoms with Gasteiger partial charge in [0.15, 0.2) is 0 Å². The van der Waals surface area contributed by atoms with Crippen molar-refractivity contribution in [2.24, 2.45) is 5.41 Å². The molecule has 1 amide bonds. The minimum atomic E-state index is 0.0540. The summed E-state index contributed by atoms with van der Waals surface area (Å²) in [6.45, 7) is 7.84. The summed E-state index contributed by atoms with van der Waals surface area (Å²) in [5.74, 6) is 0.255. The van der Waals surface area contributed by atoms with Crippen LogP contribution in [0.1, 0.15) is 38.3 Å². The van der Waals surface area contributed by atoms with Gasteiger partial charge < -0.3 is 10.6 Å². The zero-order chi connectivity index (χ0) is 13.3. The Morgan fingerprint density at radius 1 is 1.33 bits per heavy atom. The molecule has 0 unspecified atom stereocenters. The third-order valence-corrected chi connectivity index (χ3v) is 3.28. The van der Waals surface area contributed by atoms with Gasteiger partial charge >= 0.3 is 0 Å². The van der Waals surface area contributed by atoms with E-state index in [1.54, 1.807) is 0 Å². The van der Waals surface area contributed by atoms with Crippen molar-refractivity contribution in [3.05, 3.63) is 29.3 Å². The summed E-state index contributed by atoms with van der Waals surface area (Å²) in [5.41, 5.74) is 9.16. The van der Waals surface area contributed by atoms with Gasteiger partial charge in [0.1, 0.15) is 0 Å². The molecule has 0 aliphatic carbocycles. The van der Waals surface area contributed by atoms with Crippen LogP contribution < -0.4 is 5.73 Å². The Morgan fingerprint density at radius 2 is 2.06 bits per heavy atom. The Balaban J connectivity index is 2.08. The second-order valence-electron chi connectivity index (χ2n) is 6.33. The summed E-state index contributed by atoms with van der Waals surface area (Å²) >= 11 is 0. The van der Waals surface area contributed by atoms with E-state index in [9.17, 15) is 4.79 Å². The molecule has 1 heterocycles. The molecule has 1 aromatic rings. The van der Waals surface area contributed by atoms with E-state index in [-0.39, 0.29) is 11.3 Å². The lowest BCUT2D eigenvalue weighted by atomic mass is 9.90. The van der Waals surface area contributed by atoms with Crippen molar-refractivity contribution in [3.63, 3.8) is 0 Å². The Labute approximate surface area is 109 Å². The number of amides is 1. The van der Waals surface area contributed by atoms with E-state index >= 15 is 0 Å². The van der Waals surface area contributed by atoms with E-state index in [0.29, 0.717) is 6.42 Å². The van der Waals surface area contributed by atoms with Crippen LogP contribution in [0.2, 0.25) is 0 Å². The molecule has 1 aromatic carbocycles. The molecule has 0 aromatic heterocycles. The third-order valence-electron chi connectivity index (χ3n) is 3.28. The van der Waals surface area contributed by atoms with Crippen molar-refractivity contribution in [2.45, 2.75) is 40.2 Å². The summed E-state index contributed by atoms with van der Waals surface area (Å²) in [7, 11) is 0. The zero-order valence-corrected chi connectivity index (χ0v) is 11.5. The number of benzene rings is 1. The molecule has 0 saturated heterocycles. The third kappa shape index (κ3) is 3.03. The second-order valence-corrected chi connectivity index (χ2v) is 6.33. The molecule has 3 heteroatoms. The number of carbonyl (C=O) groups excluding carboxylic acids is 1. The van der Waals surface area contributed by atoms with Crippen molar-refractivity contribution in [3.8, 4) is 0 Å². The molecule has 0 atom stereocenters. The fraction of sp³-hybridized carbons (Fsp3) is 0.533. The predicted octanol–water partition coefficient (Wildman–Crippen LogP) is 2.59. The smallest absolute Gasteiger partial charge is 0.223 e. The van der Waals surface area contributed by atoms with E-state index in [1.807, 2.05) is 23.1 Å². The molecule has 1 aliphatic heterocycles. The SMILES string of the molecule is CC(C)(C)CC(=O)N1CCc2cc(N)ccc2C1. The highest BCUT2D eigenvalue weighted by atomic mass is 16.2. The maximum atomic E-state index is 12.2. The number of nitrogens with two attached hydrogens (primary N) is 1. The summed E-state index contributed by atoms with van der Waals surface area (Å²) in [6.07, 6.45) is 1.52. The van der Waals surface area contributed by atoms with Crippen LogP contribution in [0.15, 0.2) is 18.2 Å². The van der Waals surface area contributed by atoms with Gasteiger partial charge in [-0.15, -0.1) is 0 Å². The van der Waals surface area contributed by atoms with Gasteiger partial charge in [0, 0.05) is 25.2 Å². The summed E-state index contributed by atoms with van der Waals surface area (Å²) in [6, 6.07) is 5.98. The average molecular weight is 246 g/mol. The molecule has 18 heavy (non-hydrogen) atoms. The molecule has 2 rings (SSSR count). The quantitative estimate of drug-likeness (QED) is 0.774. The largest absolute Gasteiger partial charge is 0.399 e. The molecule has 98 valence electrons. The highest BCUT2D eigenvalue weighted by Crippen LogP contribution is 2.25. The van der Waals surface area contributed by atoms with E-state index < -0.39 is 0 Å². The molecule has 0 bridgehead atoms. The van der Waals surface area contributed by atoms with Crippen LogP contribution in [0.5, 0.6) is 0 Å². The van der Waals surface area contributed by atoms with Crippen molar-refractivity contribution in [1.29, 1.82) is 0 Å². The van der Waals surface area contributed by atoms with Gasteiger partial charge in [-0.05, 0) is 35.1 Å². The Hall–Kier alpha value is -1.51. The number of nitrogens with zero attached hydrogens (tertiary/aromatic N) is 1. The Bertz CT molecular complexity index is 460. The molecule has 0 radical (unpaired) electrons. The monoisotopic (exact) mass is 246 g/mol. The first-order chi connectivity index (χ1) is 8.35. The summed E-state index contributed by atoms with van der Waals surface area (Å²) < 4.78 is 0. The van der Waals surface area contributed by atoms with E-state index in [0.717, 1.165) is 25.2 Å². The fourth-order valence-electron chi connectivity index (χ4n) is 2.35. The molecule has 0 spiro atoms. The van der Waals surface area contributed by atoms with Crippen molar-refractivity contribution in [1.82, 2.24) is 4.90 Å². The Morgan fingerprint density at radius 3 is 2.72 bits per heavy atom. The van der Waals surface area contributed by atoms with Crippen molar-refractivity contribution in [2.75, 3.05) is 12.3 Å². The van der Waals surface area contributed by atoms with Crippen LogP contribution in [-0.4, -0.2) is 17.4 Å². The minimum absolute atomic E-state index is 0.0540. The minimum Gasteiger partial charge on any atom is -0.399 e. The molecule has 0 fully saturated rings. The number of anilines is 1. The molecular weight excluding hydrogens is 224 g/mol. The van der Waals surface area contributed by atoms with Crippen LogP contribution in [0.25, 0.3) is 0 Å². The van der Waals surface area contributed by atoms with Crippen molar-refractivity contribution < 1.29 is 4.79 Å². The first kappa shape index (κ1) is 12.9. The van der Waals surface area contributed by atoms with E-state index in [1.165, 1.54) is 11.1 Å². The lowest BCUT2D eigenvalue weighted by Crippen LogP contribution is -2.37. The topological polar surface area (TPSA) is 46.3 Å². The standard InChI is InChI=1S/C15H22N2O/c1-15(2,3)9-14(18)17-7-6-11-8-13(16)5-4-12(11)10-17/h4-5,8H,6-7,9-10,16H2,1-3H3. The highest BCUT2D eigenvalue weighted by Gasteiger charge is 2.24. The average Bonchev–Trinajstić information content (AvgIpc) is 2.26.